The van der Waals surface area contributed by atoms with Crippen molar-refractivity contribution in [2.75, 3.05) is 6.61 Å². The summed E-state index contributed by atoms with van der Waals surface area (Å²) in [4.78, 5) is 18.9. The SMILES string of the molecule is CC(C)(C)NC(=O)OCC(O)c1ccncn1. The highest BCUT2D eigenvalue weighted by atomic mass is 16.6. The molecule has 0 saturated carbocycles. The second kappa shape index (κ2) is 5.58. The summed E-state index contributed by atoms with van der Waals surface area (Å²) in [5.74, 6) is 0. The monoisotopic (exact) mass is 239 g/mol. The number of amides is 1. The maximum absolute atomic E-state index is 11.3. The summed E-state index contributed by atoms with van der Waals surface area (Å²) in [5, 5.41) is 12.3. The number of hydrogen-bond donors (Lipinski definition) is 2. The minimum atomic E-state index is -0.941. The van der Waals surface area contributed by atoms with Gasteiger partial charge in [0.1, 0.15) is 19.0 Å². The van der Waals surface area contributed by atoms with Crippen LogP contribution in [0.1, 0.15) is 32.6 Å². The van der Waals surface area contributed by atoms with Crippen molar-refractivity contribution in [3.05, 3.63) is 24.3 Å². The number of nitrogens with one attached hydrogen (secondary N) is 1. The van der Waals surface area contributed by atoms with Crippen molar-refractivity contribution in [1.29, 1.82) is 0 Å². The molecule has 2 N–H and O–H groups in total. The van der Waals surface area contributed by atoms with Gasteiger partial charge in [-0.2, -0.15) is 0 Å². The molecule has 0 fully saturated rings. The third-order valence-electron chi connectivity index (χ3n) is 1.80. The summed E-state index contributed by atoms with van der Waals surface area (Å²) in [6.45, 7) is 5.39. The van der Waals surface area contributed by atoms with Crippen LogP contribution in [0.4, 0.5) is 4.79 Å². The van der Waals surface area contributed by atoms with Gasteiger partial charge in [0.15, 0.2) is 0 Å². The number of ether oxygens (including phenoxy) is 1. The molecule has 0 spiro atoms. The van der Waals surface area contributed by atoms with Crippen LogP contribution in [0, 0.1) is 0 Å². The lowest BCUT2D eigenvalue weighted by molar-refractivity contribution is 0.0625. The van der Waals surface area contributed by atoms with E-state index in [0.717, 1.165) is 0 Å². The quantitative estimate of drug-likeness (QED) is 0.823. The van der Waals surface area contributed by atoms with Crippen LogP contribution in [-0.4, -0.2) is 33.3 Å². The zero-order valence-corrected chi connectivity index (χ0v) is 10.2. The van der Waals surface area contributed by atoms with E-state index in [2.05, 4.69) is 15.3 Å². The Labute approximate surface area is 100 Å². The highest BCUT2D eigenvalue weighted by Crippen LogP contribution is 2.08. The zero-order chi connectivity index (χ0) is 12.9. The molecule has 6 heteroatoms. The van der Waals surface area contributed by atoms with Gasteiger partial charge in [0.25, 0.3) is 0 Å². The van der Waals surface area contributed by atoms with Crippen LogP contribution in [0.5, 0.6) is 0 Å². The number of carbonyl (C=O) groups is 1. The third-order valence-corrected chi connectivity index (χ3v) is 1.80. The van der Waals surface area contributed by atoms with Gasteiger partial charge in [0.05, 0.1) is 5.69 Å². The maximum atomic E-state index is 11.3. The molecule has 0 aliphatic carbocycles. The Kier molecular flexibility index (Phi) is 4.39. The minimum Gasteiger partial charge on any atom is -0.446 e. The number of carbonyl (C=O) groups excluding carboxylic acids is 1. The van der Waals surface area contributed by atoms with Crippen LogP contribution in [0.15, 0.2) is 18.6 Å². The van der Waals surface area contributed by atoms with Crippen LogP contribution in [0.25, 0.3) is 0 Å². The molecule has 0 aromatic carbocycles. The van der Waals surface area contributed by atoms with Gasteiger partial charge < -0.3 is 15.2 Å². The van der Waals surface area contributed by atoms with Crippen molar-refractivity contribution in [3.63, 3.8) is 0 Å². The Hall–Kier alpha value is -1.69. The molecule has 0 radical (unpaired) electrons. The third kappa shape index (κ3) is 5.26. The Bertz CT molecular complexity index is 362. The van der Waals surface area contributed by atoms with Crippen LogP contribution in [-0.2, 0) is 4.74 Å². The van der Waals surface area contributed by atoms with Gasteiger partial charge in [0.2, 0.25) is 0 Å². The molecule has 17 heavy (non-hydrogen) atoms. The van der Waals surface area contributed by atoms with Crippen LogP contribution in [0.3, 0.4) is 0 Å². The van der Waals surface area contributed by atoms with E-state index in [1.165, 1.54) is 12.5 Å². The summed E-state index contributed by atoms with van der Waals surface area (Å²) in [6.07, 6.45) is 1.34. The van der Waals surface area contributed by atoms with E-state index in [-0.39, 0.29) is 12.1 Å². The largest absolute Gasteiger partial charge is 0.446 e. The van der Waals surface area contributed by atoms with Gasteiger partial charge in [-0.05, 0) is 26.8 Å². The predicted molar refractivity (Wildman–Crippen MR) is 61.2 cm³/mol. The van der Waals surface area contributed by atoms with Crippen LogP contribution in [0.2, 0.25) is 0 Å². The van der Waals surface area contributed by atoms with E-state index in [0.29, 0.717) is 5.69 Å². The fourth-order valence-corrected chi connectivity index (χ4v) is 1.08. The molecular weight excluding hydrogens is 222 g/mol. The summed E-state index contributed by atoms with van der Waals surface area (Å²) >= 11 is 0. The van der Waals surface area contributed by atoms with Crippen molar-refractivity contribution in [2.24, 2.45) is 0 Å². The lowest BCUT2D eigenvalue weighted by atomic mass is 10.1. The predicted octanol–water partition coefficient (Wildman–Crippen LogP) is 1.03. The molecule has 6 nitrogen and oxygen atoms in total. The van der Waals surface area contributed by atoms with Crippen molar-refractivity contribution in [2.45, 2.75) is 32.4 Å². The van der Waals surface area contributed by atoms with Gasteiger partial charge in [0, 0.05) is 11.7 Å². The Balaban J connectivity index is 2.39. The molecule has 1 aromatic heterocycles. The number of aromatic nitrogens is 2. The van der Waals surface area contributed by atoms with Crippen molar-refractivity contribution < 1.29 is 14.6 Å². The lowest BCUT2D eigenvalue weighted by Gasteiger charge is -2.20. The first-order valence-electron chi connectivity index (χ1n) is 5.27. The van der Waals surface area contributed by atoms with E-state index >= 15 is 0 Å². The molecule has 94 valence electrons. The molecule has 1 atom stereocenters. The first-order valence-corrected chi connectivity index (χ1v) is 5.27. The lowest BCUT2D eigenvalue weighted by Crippen LogP contribution is -2.41. The van der Waals surface area contributed by atoms with Gasteiger partial charge in [-0.25, -0.2) is 14.8 Å². The van der Waals surface area contributed by atoms with Gasteiger partial charge in [-0.3, -0.25) is 0 Å². The molecule has 0 saturated heterocycles. The summed E-state index contributed by atoms with van der Waals surface area (Å²) < 4.78 is 4.87. The number of aliphatic hydroxyl groups is 1. The van der Waals surface area contributed by atoms with E-state index in [1.807, 2.05) is 20.8 Å². The maximum Gasteiger partial charge on any atom is 0.407 e. The van der Waals surface area contributed by atoms with Gasteiger partial charge in [-0.15, -0.1) is 0 Å². The number of rotatable bonds is 3. The fraction of sp³-hybridized carbons (Fsp3) is 0.545. The number of alkyl carbamates (subject to hydrolysis) is 1. The van der Waals surface area contributed by atoms with Crippen molar-refractivity contribution in [3.8, 4) is 0 Å². The Morgan fingerprint density at radius 2 is 2.29 bits per heavy atom. The zero-order valence-electron chi connectivity index (χ0n) is 10.2. The summed E-state index contributed by atoms with van der Waals surface area (Å²) in [6, 6.07) is 1.57. The van der Waals surface area contributed by atoms with Crippen molar-refractivity contribution >= 4 is 6.09 Å². The molecule has 0 bridgehead atoms. The number of aliphatic hydroxyl groups excluding tert-OH is 1. The van der Waals surface area contributed by atoms with Gasteiger partial charge in [-0.1, -0.05) is 0 Å². The topological polar surface area (TPSA) is 84.3 Å². The van der Waals surface area contributed by atoms with E-state index < -0.39 is 12.2 Å². The van der Waals surface area contributed by atoms with Crippen LogP contribution < -0.4 is 5.32 Å². The Morgan fingerprint density at radius 1 is 1.59 bits per heavy atom. The standard InChI is InChI=1S/C11H17N3O3/c1-11(2,3)14-10(16)17-6-9(15)8-4-5-12-7-13-8/h4-5,7,9,15H,6H2,1-3H3,(H,14,16). The number of nitrogens with zero attached hydrogens (tertiary/aromatic N) is 2. The van der Waals surface area contributed by atoms with E-state index in [9.17, 15) is 9.90 Å². The molecule has 0 aliphatic heterocycles. The molecule has 1 heterocycles. The first-order chi connectivity index (χ1) is 7.88. The highest BCUT2D eigenvalue weighted by molar-refractivity contribution is 5.68. The number of hydrogen-bond acceptors (Lipinski definition) is 5. The molecule has 1 unspecified atom stereocenters. The first kappa shape index (κ1) is 13.4. The molecular formula is C11H17N3O3. The second-order valence-corrected chi connectivity index (χ2v) is 4.62. The van der Waals surface area contributed by atoms with Gasteiger partial charge >= 0.3 is 6.09 Å². The molecule has 1 rings (SSSR count). The average molecular weight is 239 g/mol. The smallest absolute Gasteiger partial charge is 0.407 e. The molecule has 1 aromatic rings. The fourth-order valence-electron chi connectivity index (χ4n) is 1.08. The van der Waals surface area contributed by atoms with Crippen LogP contribution >= 0.6 is 0 Å². The minimum absolute atomic E-state index is 0.140. The van der Waals surface area contributed by atoms with Crippen molar-refractivity contribution in [1.82, 2.24) is 15.3 Å². The summed E-state index contributed by atoms with van der Waals surface area (Å²) in [5.41, 5.74) is 0.0558. The average Bonchev–Trinajstić information content (AvgIpc) is 2.25. The Morgan fingerprint density at radius 3 is 2.82 bits per heavy atom. The normalized spacial score (nSPS) is 12.9. The molecule has 1 amide bonds. The van der Waals surface area contributed by atoms with E-state index in [1.54, 1.807) is 6.07 Å². The second-order valence-electron chi connectivity index (χ2n) is 4.62. The highest BCUT2D eigenvalue weighted by Gasteiger charge is 2.16. The molecule has 0 aliphatic rings. The van der Waals surface area contributed by atoms with E-state index in [4.69, 9.17) is 4.74 Å². The summed E-state index contributed by atoms with van der Waals surface area (Å²) in [7, 11) is 0.